The van der Waals surface area contributed by atoms with E-state index >= 15 is 0 Å². The number of rotatable bonds is 4. The second kappa shape index (κ2) is 4.58. The Bertz CT molecular complexity index is 590. The van der Waals surface area contributed by atoms with E-state index in [1.807, 2.05) is 30.3 Å². The molecule has 1 aromatic rings. The summed E-state index contributed by atoms with van der Waals surface area (Å²) in [4.78, 5) is 12.7. The van der Waals surface area contributed by atoms with Gasteiger partial charge in [-0.1, -0.05) is 51.1 Å². The van der Waals surface area contributed by atoms with Crippen LogP contribution in [0.2, 0.25) is 0 Å². The fourth-order valence-corrected chi connectivity index (χ4v) is 4.58. The first-order chi connectivity index (χ1) is 10.5. The Morgan fingerprint density at radius 2 is 1.95 bits per heavy atom. The van der Waals surface area contributed by atoms with Gasteiger partial charge in [-0.25, -0.2) is 4.79 Å². The van der Waals surface area contributed by atoms with Crippen LogP contribution in [-0.4, -0.2) is 18.7 Å². The molecule has 0 spiro atoms. The SMILES string of the molecule is CC(C)[C@]12C[C@H](OC(=O)C3(c4ccccc4)CO3)[C@@H](C)[C@H]1C2. The van der Waals surface area contributed by atoms with E-state index < -0.39 is 5.60 Å². The highest BCUT2D eigenvalue weighted by Gasteiger charge is 2.66. The third kappa shape index (κ3) is 1.88. The Labute approximate surface area is 132 Å². The zero-order valence-corrected chi connectivity index (χ0v) is 13.5. The summed E-state index contributed by atoms with van der Waals surface area (Å²) >= 11 is 0. The van der Waals surface area contributed by atoms with Gasteiger partial charge in [0.05, 0.1) is 6.61 Å². The lowest BCUT2D eigenvalue weighted by Gasteiger charge is -2.23. The number of esters is 1. The van der Waals surface area contributed by atoms with E-state index in [1.165, 1.54) is 6.42 Å². The number of benzene rings is 1. The smallest absolute Gasteiger partial charge is 0.345 e. The van der Waals surface area contributed by atoms with Crippen LogP contribution in [0, 0.1) is 23.2 Å². The van der Waals surface area contributed by atoms with E-state index in [2.05, 4.69) is 20.8 Å². The molecule has 22 heavy (non-hydrogen) atoms. The van der Waals surface area contributed by atoms with E-state index in [9.17, 15) is 4.79 Å². The van der Waals surface area contributed by atoms with Crippen molar-refractivity contribution in [2.75, 3.05) is 6.61 Å². The van der Waals surface area contributed by atoms with E-state index in [0.717, 1.165) is 17.9 Å². The largest absolute Gasteiger partial charge is 0.460 e. The van der Waals surface area contributed by atoms with Gasteiger partial charge in [-0.15, -0.1) is 0 Å². The first-order valence-electron chi connectivity index (χ1n) is 8.40. The molecule has 0 N–H and O–H groups in total. The summed E-state index contributed by atoms with van der Waals surface area (Å²) in [6, 6.07) is 9.71. The lowest BCUT2D eigenvalue weighted by Crippen LogP contribution is -2.32. The Kier molecular flexibility index (Phi) is 2.96. The molecule has 4 rings (SSSR count). The highest BCUT2D eigenvalue weighted by molar-refractivity contribution is 5.84. The summed E-state index contributed by atoms with van der Waals surface area (Å²) in [5.74, 6) is 1.68. The number of carbonyl (C=O) groups is 1. The minimum Gasteiger partial charge on any atom is -0.460 e. The maximum atomic E-state index is 12.7. The standard InChI is InChI=1S/C19H24O3/c1-12(2)18-9-15(18)13(3)16(10-18)22-17(20)19(11-21-19)14-7-5-4-6-8-14/h4-8,12-13,15-16H,9-11H2,1-3H3/t13-,15+,16-,18-,19?/m0/s1. The van der Waals surface area contributed by atoms with E-state index in [-0.39, 0.29) is 12.1 Å². The molecule has 3 fully saturated rings. The third-order valence-electron chi connectivity index (χ3n) is 6.39. The van der Waals surface area contributed by atoms with Crippen molar-refractivity contribution in [1.82, 2.24) is 0 Å². The van der Waals surface area contributed by atoms with Gasteiger partial charge in [0.25, 0.3) is 0 Å². The minimum atomic E-state index is -0.835. The number of hydrogen-bond acceptors (Lipinski definition) is 3. The summed E-state index contributed by atoms with van der Waals surface area (Å²) in [6.45, 7) is 7.27. The Balaban J connectivity index is 1.48. The molecular weight excluding hydrogens is 276 g/mol. The molecule has 0 amide bonds. The van der Waals surface area contributed by atoms with Crippen LogP contribution in [0.1, 0.15) is 39.2 Å². The third-order valence-corrected chi connectivity index (χ3v) is 6.39. The molecule has 118 valence electrons. The number of carbonyl (C=O) groups excluding carboxylic acids is 1. The van der Waals surface area contributed by atoms with Crippen LogP contribution >= 0.6 is 0 Å². The summed E-state index contributed by atoms with van der Waals surface area (Å²) in [7, 11) is 0. The molecule has 2 aliphatic carbocycles. The molecular formula is C19H24O3. The lowest BCUT2D eigenvalue weighted by molar-refractivity contribution is -0.158. The van der Waals surface area contributed by atoms with Crippen LogP contribution in [0.25, 0.3) is 0 Å². The van der Waals surface area contributed by atoms with Gasteiger partial charge in [0.2, 0.25) is 5.60 Å². The summed E-state index contributed by atoms with van der Waals surface area (Å²) in [5.41, 5.74) is 0.502. The van der Waals surface area contributed by atoms with E-state index in [0.29, 0.717) is 23.9 Å². The van der Waals surface area contributed by atoms with Gasteiger partial charge in [0, 0.05) is 0 Å². The Morgan fingerprint density at radius 3 is 2.50 bits per heavy atom. The van der Waals surface area contributed by atoms with Gasteiger partial charge in [-0.3, -0.25) is 0 Å². The molecule has 1 aliphatic heterocycles. The molecule has 1 unspecified atom stereocenters. The van der Waals surface area contributed by atoms with E-state index in [1.54, 1.807) is 0 Å². The summed E-state index contributed by atoms with van der Waals surface area (Å²) < 4.78 is 11.4. The normalized spacial score (nSPS) is 42.1. The van der Waals surface area contributed by atoms with Crippen LogP contribution < -0.4 is 0 Å². The first kappa shape index (κ1) is 14.3. The number of hydrogen-bond donors (Lipinski definition) is 0. The predicted octanol–water partition coefficient (Wildman–Crippen LogP) is 3.53. The highest BCUT2D eigenvalue weighted by Crippen LogP contribution is 2.70. The summed E-state index contributed by atoms with van der Waals surface area (Å²) in [5, 5.41) is 0. The quantitative estimate of drug-likeness (QED) is 0.631. The van der Waals surface area contributed by atoms with Gasteiger partial charge in [-0.2, -0.15) is 0 Å². The Hall–Kier alpha value is -1.35. The minimum absolute atomic E-state index is 0.0541. The van der Waals surface area contributed by atoms with Crippen LogP contribution in [0.4, 0.5) is 0 Å². The lowest BCUT2D eigenvalue weighted by atomic mass is 9.89. The summed E-state index contributed by atoms with van der Waals surface area (Å²) in [6.07, 6.45) is 2.38. The molecule has 0 radical (unpaired) electrons. The molecule has 3 nitrogen and oxygen atoms in total. The fourth-order valence-electron chi connectivity index (χ4n) is 4.58. The van der Waals surface area contributed by atoms with Crippen LogP contribution in [-0.2, 0) is 19.9 Å². The molecule has 3 aliphatic rings. The maximum absolute atomic E-state index is 12.7. The van der Waals surface area contributed by atoms with Gasteiger partial charge < -0.3 is 9.47 Å². The molecule has 0 aromatic heterocycles. The molecule has 5 atom stereocenters. The van der Waals surface area contributed by atoms with Crippen LogP contribution in [0.15, 0.2) is 30.3 Å². The van der Waals surface area contributed by atoms with Crippen molar-refractivity contribution in [2.45, 2.75) is 45.3 Å². The second-order valence-electron chi connectivity index (χ2n) is 7.69. The van der Waals surface area contributed by atoms with Crippen molar-refractivity contribution in [3.05, 3.63) is 35.9 Å². The van der Waals surface area contributed by atoms with Gasteiger partial charge in [-0.05, 0) is 41.6 Å². The molecule has 3 heteroatoms. The van der Waals surface area contributed by atoms with Crippen LogP contribution in [0.3, 0.4) is 0 Å². The van der Waals surface area contributed by atoms with Crippen molar-refractivity contribution < 1.29 is 14.3 Å². The van der Waals surface area contributed by atoms with Crippen LogP contribution in [0.5, 0.6) is 0 Å². The molecule has 1 heterocycles. The zero-order chi connectivity index (χ0) is 15.5. The average Bonchev–Trinajstić information content (AvgIpc) is 3.41. The Morgan fingerprint density at radius 1 is 1.27 bits per heavy atom. The predicted molar refractivity (Wildman–Crippen MR) is 83.1 cm³/mol. The van der Waals surface area contributed by atoms with Crippen molar-refractivity contribution >= 4 is 5.97 Å². The number of fused-ring (bicyclic) bond motifs is 1. The van der Waals surface area contributed by atoms with Gasteiger partial charge in [0.1, 0.15) is 6.10 Å². The monoisotopic (exact) mass is 300 g/mol. The van der Waals surface area contributed by atoms with Crippen molar-refractivity contribution in [2.24, 2.45) is 23.2 Å². The topological polar surface area (TPSA) is 38.8 Å². The zero-order valence-electron chi connectivity index (χ0n) is 13.5. The van der Waals surface area contributed by atoms with Crippen molar-refractivity contribution in [1.29, 1.82) is 0 Å². The van der Waals surface area contributed by atoms with E-state index in [4.69, 9.17) is 9.47 Å². The van der Waals surface area contributed by atoms with Gasteiger partial charge >= 0.3 is 5.97 Å². The van der Waals surface area contributed by atoms with Crippen molar-refractivity contribution in [3.63, 3.8) is 0 Å². The average molecular weight is 300 g/mol. The number of ether oxygens (including phenoxy) is 2. The molecule has 2 saturated carbocycles. The fraction of sp³-hybridized carbons (Fsp3) is 0.632. The molecule has 1 aromatic carbocycles. The maximum Gasteiger partial charge on any atom is 0.345 e. The number of epoxide rings is 1. The van der Waals surface area contributed by atoms with Crippen molar-refractivity contribution in [3.8, 4) is 0 Å². The highest BCUT2D eigenvalue weighted by atomic mass is 16.6. The molecule has 0 bridgehead atoms. The first-order valence-corrected chi connectivity index (χ1v) is 8.40. The van der Waals surface area contributed by atoms with Gasteiger partial charge in [0.15, 0.2) is 0 Å². The second-order valence-corrected chi connectivity index (χ2v) is 7.69. The molecule has 1 saturated heterocycles.